The number of rotatable bonds is 5. The molecule has 7 rings (SSSR count). The summed E-state index contributed by atoms with van der Waals surface area (Å²) < 4.78 is 23.4. The Hall–Kier alpha value is -5.26. The van der Waals surface area contributed by atoms with Crippen molar-refractivity contribution in [1.82, 2.24) is 25.5 Å². The maximum atomic E-state index is 13.4. The number of carbonyl (C=O) groups excluding carboxylic acids is 3. The molecule has 4 bridgehead atoms. The number of nitrogens with zero attached hydrogens (tertiary/aromatic N) is 2. The van der Waals surface area contributed by atoms with Crippen molar-refractivity contribution >= 4 is 28.8 Å². The minimum atomic E-state index is -0.504. The lowest BCUT2D eigenvalue weighted by Gasteiger charge is -2.39. The monoisotopic (exact) mass is 641 g/mol. The lowest BCUT2D eigenvalue weighted by Crippen LogP contribution is -2.58. The summed E-state index contributed by atoms with van der Waals surface area (Å²) in [6.45, 7) is 0.770. The van der Waals surface area contributed by atoms with Crippen molar-refractivity contribution in [2.75, 3.05) is 33.9 Å². The summed E-state index contributed by atoms with van der Waals surface area (Å²) in [7, 11) is 3.10. The summed E-state index contributed by atoms with van der Waals surface area (Å²) in [5.41, 5.74) is 3.48. The minimum absolute atomic E-state index is 0.0282. The zero-order valence-electron chi connectivity index (χ0n) is 26.5. The highest BCUT2D eigenvalue weighted by molar-refractivity contribution is 5.79. The molecule has 0 unspecified atom stereocenters. The number of amides is 3. The van der Waals surface area contributed by atoms with Crippen LogP contribution in [0.2, 0.25) is 0 Å². The third-order valence-electron chi connectivity index (χ3n) is 8.51. The molecule has 4 heterocycles. The Bertz CT molecular complexity index is 1720. The number of H-pyrrole nitrogens is 1. The van der Waals surface area contributed by atoms with Crippen LogP contribution in [-0.2, 0) is 33.8 Å². The van der Waals surface area contributed by atoms with E-state index in [2.05, 4.69) is 20.6 Å². The number of hydrogen-bond acceptors (Lipinski definition) is 8. The van der Waals surface area contributed by atoms with Gasteiger partial charge < -0.3 is 39.5 Å². The van der Waals surface area contributed by atoms with E-state index in [9.17, 15) is 14.4 Å². The van der Waals surface area contributed by atoms with Crippen LogP contribution in [-0.4, -0.2) is 78.7 Å². The zero-order chi connectivity index (χ0) is 32.8. The first kappa shape index (κ1) is 31.7. The molecule has 3 aliphatic heterocycles. The lowest BCUT2D eigenvalue weighted by molar-refractivity contribution is -0.135. The summed E-state index contributed by atoms with van der Waals surface area (Å²) in [6, 6.07) is 18.1. The molecule has 3 aromatic carbocycles. The molecule has 2 atom stereocenters. The lowest BCUT2D eigenvalue weighted by atomic mass is 10.0. The Morgan fingerprint density at radius 2 is 1.85 bits per heavy atom. The van der Waals surface area contributed by atoms with Gasteiger partial charge in [-0.05, 0) is 48.4 Å². The molecule has 1 aromatic heterocycles. The number of methoxy groups -OCH3 is 2. The Labute approximate surface area is 272 Å². The predicted octanol–water partition coefficient (Wildman–Crippen LogP) is 3.32. The Balaban J connectivity index is 1.20. The molecule has 4 aromatic rings. The number of benzene rings is 3. The second-order valence-electron chi connectivity index (χ2n) is 11.7. The van der Waals surface area contributed by atoms with Gasteiger partial charge in [0.1, 0.15) is 23.4 Å². The van der Waals surface area contributed by atoms with E-state index in [4.69, 9.17) is 18.9 Å². The van der Waals surface area contributed by atoms with Crippen LogP contribution in [0, 0.1) is 0 Å². The van der Waals surface area contributed by atoms with E-state index in [0.717, 1.165) is 28.0 Å². The maximum Gasteiger partial charge on any atom is 0.258 e. The van der Waals surface area contributed by atoms with Crippen LogP contribution in [0.4, 0.5) is 0 Å². The largest absolute Gasteiger partial charge is 0.496 e. The molecule has 0 aliphatic carbocycles. The van der Waals surface area contributed by atoms with Gasteiger partial charge in [0.25, 0.3) is 5.91 Å². The average molecular weight is 642 g/mol. The van der Waals surface area contributed by atoms with Crippen molar-refractivity contribution in [1.29, 1.82) is 0 Å². The molecule has 3 aliphatic rings. The fourth-order valence-electron chi connectivity index (χ4n) is 5.98. The molecule has 246 valence electrons. The number of aromatic nitrogens is 2. The number of aryl methyl sites for hydroxylation is 2. The number of imidazole rings is 1. The number of fused-ring (bicyclic) bond motifs is 10. The van der Waals surface area contributed by atoms with E-state index in [1.54, 1.807) is 30.2 Å². The van der Waals surface area contributed by atoms with E-state index in [0.29, 0.717) is 55.4 Å². The summed E-state index contributed by atoms with van der Waals surface area (Å²) >= 11 is 0. The van der Waals surface area contributed by atoms with Crippen LogP contribution in [0.5, 0.6) is 23.0 Å². The fourth-order valence-corrected chi connectivity index (χ4v) is 5.98. The van der Waals surface area contributed by atoms with Crippen LogP contribution in [0.3, 0.4) is 0 Å². The van der Waals surface area contributed by atoms with Crippen LogP contribution < -0.4 is 29.6 Å². The Kier molecular flexibility index (Phi) is 9.75. The van der Waals surface area contributed by atoms with Gasteiger partial charge in [-0.2, -0.15) is 0 Å². The predicted molar refractivity (Wildman–Crippen MR) is 174 cm³/mol. The van der Waals surface area contributed by atoms with Gasteiger partial charge in [0, 0.05) is 56.9 Å². The smallest absolute Gasteiger partial charge is 0.258 e. The van der Waals surface area contributed by atoms with Gasteiger partial charge in [0.2, 0.25) is 11.8 Å². The molecule has 12 heteroatoms. The quantitative estimate of drug-likeness (QED) is 0.301. The van der Waals surface area contributed by atoms with Crippen LogP contribution in [0.15, 0.2) is 60.7 Å². The topological polar surface area (TPSA) is 144 Å². The third-order valence-corrected chi connectivity index (χ3v) is 8.51. The molecule has 3 amide bonds. The summed E-state index contributed by atoms with van der Waals surface area (Å²) in [4.78, 5) is 49.0. The van der Waals surface area contributed by atoms with Gasteiger partial charge in [-0.15, -0.1) is 0 Å². The van der Waals surface area contributed by atoms with Crippen molar-refractivity contribution in [2.24, 2.45) is 0 Å². The van der Waals surface area contributed by atoms with Crippen molar-refractivity contribution in [2.45, 2.75) is 50.8 Å². The number of nitrogens with one attached hydrogen (secondary N) is 3. The van der Waals surface area contributed by atoms with E-state index in [1.807, 2.05) is 42.5 Å². The number of hydrogen-bond donors (Lipinski definition) is 3. The second-order valence-corrected chi connectivity index (χ2v) is 11.7. The molecular weight excluding hydrogens is 602 g/mol. The van der Waals surface area contributed by atoms with Crippen molar-refractivity contribution < 1.29 is 33.3 Å². The van der Waals surface area contributed by atoms with Gasteiger partial charge in [0.15, 0.2) is 18.1 Å². The van der Waals surface area contributed by atoms with Crippen molar-refractivity contribution in [3.05, 3.63) is 77.6 Å². The summed E-state index contributed by atoms with van der Waals surface area (Å²) in [5.74, 6) is 2.27. The Morgan fingerprint density at radius 1 is 1.00 bits per heavy atom. The number of aromatic amines is 1. The third kappa shape index (κ3) is 7.76. The highest BCUT2D eigenvalue weighted by atomic mass is 16.5. The van der Waals surface area contributed by atoms with E-state index < -0.39 is 12.1 Å². The molecular formula is C35H39N5O7. The molecule has 0 saturated carbocycles. The van der Waals surface area contributed by atoms with E-state index in [-0.39, 0.29) is 43.7 Å². The highest BCUT2D eigenvalue weighted by Gasteiger charge is 2.34. The van der Waals surface area contributed by atoms with E-state index in [1.165, 1.54) is 7.11 Å². The molecule has 0 spiro atoms. The number of para-hydroxylation sites is 2. The van der Waals surface area contributed by atoms with Crippen molar-refractivity contribution in [3.8, 4) is 23.0 Å². The molecule has 1 saturated heterocycles. The number of ether oxygens (including phenoxy) is 4. The second kappa shape index (κ2) is 14.4. The maximum absolute atomic E-state index is 13.4. The molecule has 0 radical (unpaired) electrons. The Morgan fingerprint density at radius 3 is 2.68 bits per heavy atom. The number of carbonyl (C=O) groups is 3. The zero-order valence-corrected chi connectivity index (χ0v) is 26.5. The first-order valence-electron chi connectivity index (χ1n) is 15.8. The highest BCUT2D eigenvalue weighted by Crippen LogP contribution is 2.30. The van der Waals surface area contributed by atoms with Crippen LogP contribution >= 0.6 is 0 Å². The van der Waals surface area contributed by atoms with Gasteiger partial charge in [-0.1, -0.05) is 18.2 Å². The molecule has 3 N–H and O–H groups in total. The van der Waals surface area contributed by atoms with Crippen LogP contribution in [0.1, 0.15) is 36.2 Å². The molecule has 12 nitrogen and oxygen atoms in total. The van der Waals surface area contributed by atoms with Crippen LogP contribution in [0.25, 0.3) is 11.0 Å². The van der Waals surface area contributed by atoms with Gasteiger partial charge in [0.05, 0.1) is 31.3 Å². The first-order chi connectivity index (χ1) is 22.9. The number of piperidine rings is 1. The first-order valence-corrected chi connectivity index (χ1v) is 15.8. The molecule has 1 fully saturated rings. The molecule has 47 heavy (non-hydrogen) atoms. The average Bonchev–Trinajstić information content (AvgIpc) is 3.51. The fraction of sp³-hybridized carbons (Fsp3) is 0.371. The van der Waals surface area contributed by atoms with Gasteiger partial charge in [-0.3, -0.25) is 14.4 Å². The van der Waals surface area contributed by atoms with Gasteiger partial charge >= 0.3 is 0 Å². The minimum Gasteiger partial charge on any atom is -0.496 e. The van der Waals surface area contributed by atoms with E-state index >= 15 is 0 Å². The normalized spacial score (nSPS) is 18.8. The number of likely N-dealkylation sites (tertiary alicyclic amines) is 1. The SMILES string of the molecule is COc1cc2ccc1CNC(=O)CCc1ccc(OC)c(c1)OCC(=O)N[C@@H]1CN(C(=O)CCc3nc4ccccc4[nH]3)CC[C@@H]1O2. The summed E-state index contributed by atoms with van der Waals surface area (Å²) in [6.07, 6.45) is 1.58. The summed E-state index contributed by atoms with van der Waals surface area (Å²) in [5, 5.41) is 6.01. The van der Waals surface area contributed by atoms with Crippen molar-refractivity contribution in [3.63, 3.8) is 0 Å². The standard InChI is InChI=1S/C35H39N5O7/c1-44-29-11-7-22-8-13-33(41)36-19-23-9-10-24(18-30(23)45-2)47-28-15-16-40(20-27(28)39-34(42)21-46-31(29)17-22)35(43)14-12-32-37-25-5-3-4-6-26(25)38-32/h3-7,9-11,17-18,27-28H,8,12-16,19-21H2,1-2H3,(H,36,41)(H,37,38)(H,39,42)/t27-,28+/m1/s1. The van der Waals surface area contributed by atoms with Gasteiger partial charge in [-0.25, -0.2) is 4.98 Å².